The van der Waals surface area contributed by atoms with Crippen molar-refractivity contribution in [3.05, 3.63) is 18.0 Å². The third kappa shape index (κ3) is 1.43. The number of hydrogen-bond acceptors (Lipinski definition) is 3. The minimum Gasteiger partial charge on any atom is -0.381 e. The van der Waals surface area contributed by atoms with Crippen LogP contribution in [0.2, 0.25) is 0 Å². The second kappa shape index (κ2) is 3.15. The van der Waals surface area contributed by atoms with Gasteiger partial charge in [0.2, 0.25) is 0 Å². The number of nitrogens with two attached hydrogens (primary N) is 1. The topological polar surface area (TPSA) is 53.1 Å². The van der Waals surface area contributed by atoms with Gasteiger partial charge in [0.15, 0.2) is 0 Å². The summed E-state index contributed by atoms with van der Waals surface area (Å²) in [5.74, 6) is 5.90. The molecule has 1 aromatic heterocycles. The minimum absolute atomic E-state index is 0.448. The standard InChI is InChI=1S/C8H13N3O/c9-11-4-3-8(10-11)7-2-1-5-12-6-7/h3-4,7H,1-2,5-6,9H2. The van der Waals surface area contributed by atoms with E-state index in [1.165, 1.54) is 4.79 Å². The van der Waals surface area contributed by atoms with Gasteiger partial charge in [0.1, 0.15) is 0 Å². The number of hydrogen-bond donors (Lipinski definition) is 1. The van der Waals surface area contributed by atoms with Crippen molar-refractivity contribution < 1.29 is 4.74 Å². The van der Waals surface area contributed by atoms with Crippen molar-refractivity contribution in [2.24, 2.45) is 0 Å². The van der Waals surface area contributed by atoms with Gasteiger partial charge in [-0.2, -0.15) is 9.89 Å². The maximum absolute atomic E-state index is 5.45. The average Bonchev–Trinajstić information content (AvgIpc) is 2.54. The fraction of sp³-hybridized carbons (Fsp3) is 0.625. The second-order valence-electron chi connectivity index (χ2n) is 3.13. The molecule has 2 rings (SSSR count). The molecule has 0 amide bonds. The first kappa shape index (κ1) is 7.61. The van der Waals surface area contributed by atoms with Crippen molar-refractivity contribution in [1.29, 1.82) is 0 Å². The molecule has 0 spiro atoms. The molecule has 2 N–H and O–H groups in total. The Morgan fingerprint density at radius 3 is 3.17 bits per heavy atom. The average molecular weight is 167 g/mol. The molecule has 1 aliphatic heterocycles. The molecule has 0 aromatic carbocycles. The minimum atomic E-state index is 0.448. The zero-order chi connectivity index (χ0) is 8.39. The molecule has 1 unspecified atom stereocenters. The first-order valence-corrected chi connectivity index (χ1v) is 4.24. The van der Waals surface area contributed by atoms with Crippen molar-refractivity contribution in [2.75, 3.05) is 19.1 Å². The summed E-state index contributed by atoms with van der Waals surface area (Å²) in [7, 11) is 0. The zero-order valence-electron chi connectivity index (χ0n) is 6.94. The van der Waals surface area contributed by atoms with Gasteiger partial charge >= 0.3 is 0 Å². The summed E-state index contributed by atoms with van der Waals surface area (Å²) in [6.07, 6.45) is 4.06. The fourth-order valence-corrected chi connectivity index (χ4v) is 1.54. The first-order chi connectivity index (χ1) is 5.86. The maximum atomic E-state index is 5.45. The first-order valence-electron chi connectivity index (χ1n) is 4.24. The number of rotatable bonds is 1. The quantitative estimate of drug-likeness (QED) is 0.619. The van der Waals surface area contributed by atoms with Gasteiger partial charge in [0.25, 0.3) is 0 Å². The molecule has 1 fully saturated rings. The Morgan fingerprint density at radius 1 is 1.67 bits per heavy atom. The van der Waals surface area contributed by atoms with Gasteiger partial charge < -0.3 is 10.6 Å². The molecule has 1 atom stereocenters. The van der Waals surface area contributed by atoms with Crippen molar-refractivity contribution in [2.45, 2.75) is 18.8 Å². The highest BCUT2D eigenvalue weighted by molar-refractivity contribution is 5.07. The summed E-state index contributed by atoms with van der Waals surface area (Å²) in [6.45, 7) is 1.68. The van der Waals surface area contributed by atoms with Crippen molar-refractivity contribution in [1.82, 2.24) is 9.89 Å². The Kier molecular flexibility index (Phi) is 1.99. The lowest BCUT2D eigenvalue weighted by Crippen LogP contribution is -2.17. The lowest BCUT2D eigenvalue weighted by atomic mass is 9.99. The third-order valence-electron chi connectivity index (χ3n) is 2.21. The van der Waals surface area contributed by atoms with Crippen LogP contribution < -0.4 is 5.84 Å². The van der Waals surface area contributed by atoms with E-state index in [0.717, 1.165) is 31.7 Å². The lowest BCUT2D eigenvalue weighted by Gasteiger charge is -2.19. The molecule has 66 valence electrons. The normalized spacial score (nSPS) is 24.2. The Labute approximate surface area is 71.3 Å². The Morgan fingerprint density at radius 2 is 2.58 bits per heavy atom. The number of ether oxygens (including phenoxy) is 1. The summed E-state index contributed by atoms with van der Waals surface area (Å²) in [5.41, 5.74) is 1.05. The van der Waals surface area contributed by atoms with Gasteiger partial charge in [-0.1, -0.05) is 0 Å². The number of nitrogen functional groups attached to an aromatic ring is 1. The fourth-order valence-electron chi connectivity index (χ4n) is 1.54. The number of nitrogens with zero attached hydrogens (tertiary/aromatic N) is 2. The molecule has 0 radical (unpaired) electrons. The van der Waals surface area contributed by atoms with E-state index in [1.807, 2.05) is 6.07 Å². The summed E-state index contributed by atoms with van der Waals surface area (Å²) < 4.78 is 5.36. The molecular formula is C8H13N3O. The van der Waals surface area contributed by atoms with Crippen molar-refractivity contribution in [3.63, 3.8) is 0 Å². The number of aromatic nitrogens is 2. The summed E-state index contributed by atoms with van der Waals surface area (Å²) >= 11 is 0. The van der Waals surface area contributed by atoms with Gasteiger partial charge in [-0.3, -0.25) is 0 Å². The summed E-state index contributed by atoms with van der Waals surface area (Å²) in [5, 5.41) is 4.15. The van der Waals surface area contributed by atoms with Crippen LogP contribution >= 0.6 is 0 Å². The lowest BCUT2D eigenvalue weighted by molar-refractivity contribution is 0.0792. The predicted octanol–water partition coefficient (Wildman–Crippen LogP) is 0.491. The van der Waals surface area contributed by atoms with Crippen LogP contribution in [-0.4, -0.2) is 23.1 Å². The van der Waals surface area contributed by atoms with Crippen LogP contribution in [0.15, 0.2) is 12.3 Å². The predicted molar refractivity (Wildman–Crippen MR) is 45.2 cm³/mol. The van der Waals surface area contributed by atoms with Gasteiger partial charge in [-0.05, 0) is 18.9 Å². The highest BCUT2D eigenvalue weighted by Gasteiger charge is 2.17. The molecule has 1 saturated heterocycles. The Balaban J connectivity index is 2.08. The van der Waals surface area contributed by atoms with Gasteiger partial charge in [0.05, 0.1) is 12.3 Å². The van der Waals surface area contributed by atoms with Gasteiger partial charge in [0, 0.05) is 18.7 Å². The van der Waals surface area contributed by atoms with Crippen molar-refractivity contribution in [3.8, 4) is 0 Å². The summed E-state index contributed by atoms with van der Waals surface area (Å²) in [4.78, 5) is 1.35. The molecule has 0 aliphatic carbocycles. The van der Waals surface area contributed by atoms with Crippen LogP contribution in [0.3, 0.4) is 0 Å². The van der Waals surface area contributed by atoms with Gasteiger partial charge in [-0.15, -0.1) is 0 Å². The second-order valence-corrected chi connectivity index (χ2v) is 3.13. The highest BCUT2D eigenvalue weighted by Crippen LogP contribution is 2.23. The van der Waals surface area contributed by atoms with Crippen LogP contribution in [-0.2, 0) is 4.74 Å². The maximum Gasteiger partial charge on any atom is 0.0699 e. The molecule has 0 saturated carbocycles. The Hall–Kier alpha value is -1.03. The summed E-state index contributed by atoms with van der Waals surface area (Å²) in [6, 6.07) is 1.96. The van der Waals surface area contributed by atoms with E-state index < -0.39 is 0 Å². The van der Waals surface area contributed by atoms with E-state index in [0.29, 0.717) is 5.92 Å². The molecule has 4 heteroatoms. The van der Waals surface area contributed by atoms with Gasteiger partial charge in [-0.25, -0.2) is 0 Å². The largest absolute Gasteiger partial charge is 0.381 e. The Bertz CT molecular complexity index is 253. The third-order valence-corrected chi connectivity index (χ3v) is 2.21. The molecule has 2 heterocycles. The van der Waals surface area contributed by atoms with Crippen LogP contribution in [0.1, 0.15) is 24.5 Å². The zero-order valence-corrected chi connectivity index (χ0v) is 6.94. The van der Waals surface area contributed by atoms with E-state index in [4.69, 9.17) is 10.6 Å². The SMILES string of the molecule is Nn1ccc(C2CCCOC2)n1. The molecule has 12 heavy (non-hydrogen) atoms. The van der Waals surface area contributed by atoms with E-state index in [2.05, 4.69) is 5.10 Å². The van der Waals surface area contributed by atoms with Crippen molar-refractivity contribution >= 4 is 0 Å². The molecule has 1 aliphatic rings. The molecule has 1 aromatic rings. The van der Waals surface area contributed by atoms with E-state index in [9.17, 15) is 0 Å². The highest BCUT2D eigenvalue weighted by atomic mass is 16.5. The molecule has 4 nitrogen and oxygen atoms in total. The molecule has 0 bridgehead atoms. The molecular weight excluding hydrogens is 154 g/mol. The van der Waals surface area contributed by atoms with E-state index in [1.54, 1.807) is 6.20 Å². The van der Waals surface area contributed by atoms with E-state index >= 15 is 0 Å². The van der Waals surface area contributed by atoms with Crippen LogP contribution in [0, 0.1) is 0 Å². The van der Waals surface area contributed by atoms with E-state index in [-0.39, 0.29) is 0 Å². The van der Waals surface area contributed by atoms with Crippen LogP contribution in [0.5, 0.6) is 0 Å². The van der Waals surface area contributed by atoms with Crippen LogP contribution in [0.4, 0.5) is 0 Å². The monoisotopic (exact) mass is 167 g/mol. The van der Waals surface area contributed by atoms with Crippen LogP contribution in [0.25, 0.3) is 0 Å². The smallest absolute Gasteiger partial charge is 0.0699 e.